The molecule has 1 aromatic carbocycles. The fourth-order valence-corrected chi connectivity index (χ4v) is 2.27. The van der Waals surface area contributed by atoms with Crippen LogP contribution in [-0.2, 0) is 11.2 Å². The van der Waals surface area contributed by atoms with Crippen molar-refractivity contribution in [3.8, 4) is 0 Å². The first-order valence-corrected chi connectivity index (χ1v) is 6.60. The van der Waals surface area contributed by atoms with E-state index in [1.54, 1.807) is 25.1 Å². The summed E-state index contributed by atoms with van der Waals surface area (Å²) in [6.07, 6.45) is -0.125. The lowest BCUT2D eigenvalue weighted by atomic mass is 10.00. The molecule has 0 saturated heterocycles. The zero-order valence-corrected chi connectivity index (χ0v) is 12.3. The van der Waals surface area contributed by atoms with Crippen molar-refractivity contribution in [2.24, 2.45) is 0 Å². The maximum atomic E-state index is 11.9. The molecule has 0 spiro atoms. The molecule has 1 atom stereocenters. The monoisotopic (exact) mass is 396 g/mol. The Morgan fingerprint density at radius 2 is 2.12 bits per heavy atom. The third-order valence-electron chi connectivity index (χ3n) is 2.07. The molecule has 0 aliphatic heterocycles. The van der Waals surface area contributed by atoms with Crippen molar-refractivity contribution in [1.82, 2.24) is 0 Å². The van der Waals surface area contributed by atoms with Crippen molar-refractivity contribution < 1.29 is 14.7 Å². The van der Waals surface area contributed by atoms with Gasteiger partial charge in [0.25, 0.3) is 0 Å². The number of ketones is 1. The molecular formula is C11H10BrIO3. The third kappa shape index (κ3) is 3.28. The van der Waals surface area contributed by atoms with Crippen molar-refractivity contribution in [1.29, 1.82) is 0 Å². The number of carboxylic acids is 1. The van der Waals surface area contributed by atoms with Gasteiger partial charge in [0.1, 0.15) is 0 Å². The van der Waals surface area contributed by atoms with Crippen molar-refractivity contribution in [2.75, 3.05) is 0 Å². The van der Waals surface area contributed by atoms with Crippen molar-refractivity contribution in [2.45, 2.75) is 18.2 Å². The maximum absolute atomic E-state index is 11.9. The summed E-state index contributed by atoms with van der Waals surface area (Å²) in [5.74, 6) is -1.02. The van der Waals surface area contributed by atoms with E-state index in [4.69, 9.17) is 5.11 Å². The zero-order valence-electron chi connectivity index (χ0n) is 8.54. The fraction of sp³-hybridized carbons (Fsp3) is 0.273. The molecule has 0 amide bonds. The Labute approximate surface area is 116 Å². The van der Waals surface area contributed by atoms with Gasteiger partial charge >= 0.3 is 5.97 Å². The Kier molecular flexibility index (Phi) is 4.91. The quantitative estimate of drug-likeness (QED) is 0.483. The van der Waals surface area contributed by atoms with Crippen LogP contribution in [0.25, 0.3) is 0 Å². The van der Waals surface area contributed by atoms with Gasteiger partial charge in [0.2, 0.25) is 0 Å². The second-order valence-corrected chi connectivity index (χ2v) is 5.85. The third-order valence-corrected chi connectivity index (χ3v) is 3.50. The number of carbonyl (C=O) groups is 2. The predicted molar refractivity (Wildman–Crippen MR) is 73.2 cm³/mol. The molecule has 0 heterocycles. The Bertz CT molecular complexity index is 429. The molecule has 1 aromatic rings. The first kappa shape index (κ1) is 13.6. The van der Waals surface area contributed by atoms with Crippen LogP contribution in [-0.4, -0.2) is 21.7 Å². The fourth-order valence-electron chi connectivity index (χ4n) is 1.33. The normalized spacial score (nSPS) is 12.2. The SMILES string of the molecule is CC(Br)C(=O)c1cccc(I)c1CC(=O)O. The molecule has 0 saturated carbocycles. The van der Waals surface area contributed by atoms with Gasteiger partial charge < -0.3 is 5.11 Å². The molecule has 3 nitrogen and oxygen atoms in total. The molecule has 86 valence electrons. The summed E-state index contributed by atoms with van der Waals surface area (Å²) < 4.78 is 0.805. The summed E-state index contributed by atoms with van der Waals surface area (Å²) in [5.41, 5.74) is 1.07. The van der Waals surface area contributed by atoms with Crippen molar-refractivity contribution in [3.05, 3.63) is 32.9 Å². The van der Waals surface area contributed by atoms with Crippen LogP contribution in [0.1, 0.15) is 22.8 Å². The van der Waals surface area contributed by atoms with E-state index in [-0.39, 0.29) is 17.0 Å². The minimum absolute atomic E-state index is 0.0882. The van der Waals surface area contributed by atoms with E-state index < -0.39 is 5.97 Å². The average molecular weight is 397 g/mol. The van der Waals surface area contributed by atoms with E-state index >= 15 is 0 Å². The van der Waals surface area contributed by atoms with E-state index in [9.17, 15) is 9.59 Å². The lowest BCUT2D eigenvalue weighted by molar-refractivity contribution is -0.136. The molecule has 1 rings (SSSR count). The smallest absolute Gasteiger partial charge is 0.307 e. The van der Waals surface area contributed by atoms with E-state index in [0.29, 0.717) is 11.1 Å². The molecule has 1 unspecified atom stereocenters. The largest absolute Gasteiger partial charge is 0.481 e. The molecule has 0 aliphatic carbocycles. The van der Waals surface area contributed by atoms with Crippen LogP contribution in [0.2, 0.25) is 0 Å². The Morgan fingerprint density at radius 3 is 2.62 bits per heavy atom. The number of halogens is 2. The highest BCUT2D eigenvalue weighted by Gasteiger charge is 2.19. The van der Waals surface area contributed by atoms with Crippen LogP contribution in [0.4, 0.5) is 0 Å². The lowest BCUT2D eigenvalue weighted by Gasteiger charge is -2.10. The summed E-state index contributed by atoms with van der Waals surface area (Å²) in [4.78, 5) is 22.3. The highest BCUT2D eigenvalue weighted by molar-refractivity contribution is 14.1. The average Bonchev–Trinajstić information content (AvgIpc) is 2.19. The van der Waals surface area contributed by atoms with E-state index in [1.807, 2.05) is 22.6 Å². The maximum Gasteiger partial charge on any atom is 0.307 e. The summed E-state index contributed by atoms with van der Waals surface area (Å²) in [7, 11) is 0. The van der Waals surface area contributed by atoms with Crippen LogP contribution in [0.15, 0.2) is 18.2 Å². The van der Waals surface area contributed by atoms with Crippen LogP contribution in [0.5, 0.6) is 0 Å². The number of Topliss-reactive ketones (excluding diaryl/α,β-unsaturated/α-hetero) is 1. The number of carbonyl (C=O) groups excluding carboxylic acids is 1. The van der Waals surface area contributed by atoms with E-state index in [0.717, 1.165) is 3.57 Å². The van der Waals surface area contributed by atoms with Crippen LogP contribution < -0.4 is 0 Å². The molecular weight excluding hydrogens is 387 g/mol. The molecule has 0 aromatic heterocycles. The molecule has 1 N–H and O–H groups in total. The Hall–Kier alpha value is -0.430. The van der Waals surface area contributed by atoms with Gasteiger partial charge in [-0.05, 0) is 41.1 Å². The number of benzene rings is 1. The van der Waals surface area contributed by atoms with Crippen molar-refractivity contribution in [3.63, 3.8) is 0 Å². The summed E-state index contributed by atoms with van der Waals surface area (Å²) in [5, 5.41) is 8.81. The predicted octanol–water partition coefficient (Wildman–Crippen LogP) is 2.88. The molecule has 0 aliphatic rings. The van der Waals surface area contributed by atoms with E-state index in [1.165, 1.54) is 0 Å². The van der Waals surface area contributed by atoms with Gasteiger partial charge in [-0.25, -0.2) is 0 Å². The molecule has 0 bridgehead atoms. The van der Waals surface area contributed by atoms with Gasteiger partial charge in [-0.3, -0.25) is 9.59 Å². The minimum Gasteiger partial charge on any atom is -0.481 e. The number of rotatable bonds is 4. The number of hydrogen-bond donors (Lipinski definition) is 1. The number of carboxylic acid groups (broad SMARTS) is 1. The number of aliphatic carboxylic acids is 1. The highest BCUT2D eigenvalue weighted by atomic mass is 127. The molecule has 16 heavy (non-hydrogen) atoms. The van der Waals surface area contributed by atoms with Crippen LogP contribution >= 0.6 is 38.5 Å². The van der Waals surface area contributed by atoms with Crippen molar-refractivity contribution >= 4 is 50.3 Å². The second-order valence-electron chi connectivity index (χ2n) is 3.32. The Balaban J connectivity index is 3.22. The first-order chi connectivity index (χ1) is 7.43. The summed E-state index contributed by atoms with van der Waals surface area (Å²) >= 11 is 5.25. The van der Waals surface area contributed by atoms with Gasteiger partial charge in [0, 0.05) is 9.13 Å². The highest BCUT2D eigenvalue weighted by Crippen LogP contribution is 2.21. The van der Waals surface area contributed by atoms with Crippen LogP contribution in [0.3, 0.4) is 0 Å². The lowest BCUT2D eigenvalue weighted by Crippen LogP contribution is -2.15. The van der Waals surface area contributed by atoms with Gasteiger partial charge in [0.15, 0.2) is 5.78 Å². The molecule has 0 fully saturated rings. The van der Waals surface area contributed by atoms with Crippen LogP contribution in [0, 0.1) is 3.57 Å². The summed E-state index contributed by atoms with van der Waals surface area (Å²) in [6, 6.07) is 5.23. The minimum atomic E-state index is -0.930. The van der Waals surface area contributed by atoms with Gasteiger partial charge in [-0.15, -0.1) is 0 Å². The molecule has 0 radical (unpaired) electrons. The van der Waals surface area contributed by atoms with Gasteiger partial charge in [-0.1, -0.05) is 28.1 Å². The number of hydrogen-bond acceptors (Lipinski definition) is 2. The topological polar surface area (TPSA) is 54.4 Å². The Morgan fingerprint density at radius 1 is 1.50 bits per heavy atom. The van der Waals surface area contributed by atoms with E-state index in [2.05, 4.69) is 15.9 Å². The first-order valence-electron chi connectivity index (χ1n) is 4.61. The second kappa shape index (κ2) is 5.77. The van der Waals surface area contributed by atoms with Gasteiger partial charge in [0.05, 0.1) is 11.2 Å². The zero-order chi connectivity index (χ0) is 12.3. The number of alkyl halides is 1. The molecule has 5 heteroatoms. The summed E-state index contributed by atoms with van der Waals surface area (Å²) in [6.45, 7) is 1.73. The van der Waals surface area contributed by atoms with Gasteiger partial charge in [-0.2, -0.15) is 0 Å². The standard InChI is InChI=1S/C11H10BrIO3/c1-6(12)11(16)7-3-2-4-9(13)8(7)5-10(14)15/h2-4,6H,5H2,1H3,(H,14,15).